The van der Waals surface area contributed by atoms with Crippen molar-refractivity contribution in [3.63, 3.8) is 0 Å². The lowest BCUT2D eigenvalue weighted by molar-refractivity contribution is 0.173. The molecule has 28 heavy (non-hydrogen) atoms. The standard InChI is InChI=1S/C18H20Cl3FN4O2/c19-13-5-12(1-2-16(13)22)24-18(28)26-4-3-25(8-11(9-26)10-27)17-14(20)6-23-7-15(17)21/h1-2,5-6,11,15,27H,3-4,7-10H2,(H,24,28). The van der Waals surface area contributed by atoms with Crippen LogP contribution in [0.15, 0.2) is 33.9 Å². The molecule has 1 aromatic rings. The van der Waals surface area contributed by atoms with Crippen LogP contribution in [0.1, 0.15) is 0 Å². The summed E-state index contributed by atoms with van der Waals surface area (Å²) in [7, 11) is 0. The van der Waals surface area contributed by atoms with Gasteiger partial charge in [-0.15, -0.1) is 11.6 Å². The Morgan fingerprint density at radius 3 is 2.79 bits per heavy atom. The maximum Gasteiger partial charge on any atom is 0.321 e. The number of alkyl halides is 1. The summed E-state index contributed by atoms with van der Waals surface area (Å²) in [6.45, 7) is 2.14. The number of urea groups is 1. The number of allylic oxidation sites excluding steroid dienone is 1. The van der Waals surface area contributed by atoms with E-state index in [-0.39, 0.29) is 29.0 Å². The van der Waals surface area contributed by atoms with Crippen LogP contribution in [-0.2, 0) is 0 Å². The van der Waals surface area contributed by atoms with Crippen LogP contribution in [0.5, 0.6) is 0 Å². The Kier molecular flexibility index (Phi) is 7.04. The predicted octanol–water partition coefficient (Wildman–Crippen LogP) is 3.38. The first-order chi connectivity index (χ1) is 13.4. The summed E-state index contributed by atoms with van der Waals surface area (Å²) in [5, 5.41) is 12.5. The summed E-state index contributed by atoms with van der Waals surface area (Å²) in [6.07, 6.45) is 1.58. The molecular formula is C18H20Cl3FN4O2. The molecule has 0 saturated carbocycles. The number of hydrogen-bond acceptors (Lipinski definition) is 4. The van der Waals surface area contributed by atoms with Gasteiger partial charge in [-0.3, -0.25) is 4.99 Å². The second-order valence-electron chi connectivity index (χ2n) is 6.69. The summed E-state index contributed by atoms with van der Waals surface area (Å²) in [5.74, 6) is -0.730. The molecule has 152 valence electrons. The third kappa shape index (κ3) is 4.89. The highest BCUT2D eigenvalue weighted by Gasteiger charge is 2.30. The minimum atomic E-state index is -0.553. The molecule has 0 aromatic heterocycles. The number of nitrogens with zero attached hydrogens (tertiary/aromatic N) is 3. The number of amides is 2. The zero-order valence-electron chi connectivity index (χ0n) is 14.9. The number of carbonyl (C=O) groups excluding carboxylic acids is 1. The van der Waals surface area contributed by atoms with Gasteiger partial charge in [-0.05, 0) is 18.2 Å². The number of rotatable bonds is 3. The molecule has 2 N–H and O–H groups in total. The van der Waals surface area contributed by atoms with Crippen LogP contribution >= 0.6 is 34.8 Å². The van der Waals surface area contributed by atoms with Crippen molar-refractivity contribution in [2.75, 3.05) is 44.6 Å². The van der Waals surface area contributed by atoms with Crippen molar-refractivity contribution in [1.29, 1.82) is 0 Å². The highest BCUT2D eigenvalue weighted by Crippen LogP contribution is 2.27. The van der Waals surface area contributed by atoms with E-state index in [1.165, 1.54) is 18.2 Å². The van der Waals surface area contributed by atoms with E-state index in [4.69, 9.17) is 34.8 Å². The van der Waals surface area contributed by atoms with Gasteiger partial charge in [-0.2, -0.15) is 0 Å². The Morgan fingerprint density at radius 2 is 2.11 bits per heavy atom. The van der Waals surface area contributed by atoms with Crippen LogP contribution in [0.2, 0.25) is 5.02 Å². The molecule has 0 bridgehead atoms. The quantitative estimate of drug-likeness (QED) is 0.695. The molecule has 1 saturated heterocycles. The summed E-state index contributed by atoms with van der Waals surface area (Å²) in [4.78, 5) is 20.4. The molecule has 1 fully saturated rings. The Bertz CT molecular complexity index is 805. The number of aliphatic hydroxyl groups is 1. The van der Waals surface area contributed by atoms with Crippen molar-refractivity contribution in [2.24, 2.45) is 10.9 Å². The number of dihydropyridines is 1. The first-order valence-electron chi connectivity index (χ1n) is 8.79. The van der Waals surface area contributed by atoms with Crippen molar-refractivity contribution in [1.82, 2.24) is 9.80 Å². The first-order valence-corrected chi connectivity index (χ1v) is 9.98. The van der Waals surface area contributed by atoms with Gasteiger partial charge in [-0.1, -0.05) is 23.2 Å². The van der Waals surface area contributed by atoms with E-state index in [0.29, 0.717) is 43.4 Å². The van der Waals surface area contributed by atoms with Crippen LogP contribution < -0.4 is 5.32 Å². The van der Waals surface area contributed by atoms with E-state index in [0.717, 1.165) is 5.70 Å². The lowest BCUT2D eigenvalue weighted by Crippen LogP contribution is -2.39. The van der Waals surface area contributed by atoms with Crippen LogP contribution in [-0.4, -0.2) is 71.9 Å². The summed E-state index contributed by atoms with van der Waals surface area (Å²) in [6, 6.07) is 3.64. The third-order valence-corrected chi connectivity index (χ3v) is 5.59. The molecule has 2 atom stereocenters. The Balaban J connectivity index is 1.73. The van der Waals surface area contributed by atoms with Gasteiger partial charge >= 0.3 is 6.03 Å². The third-order valence-electron chi connectivity index (χ3n) is 4.67. The predicted molar refractivity (Wildman–Crippen MR) is 110 cm³/mol. The maximum absolute atomic E-state index is 13.3. The molecule has 2 heterocycles. The molecule has 3 rings (SSSR count). The normalized spacial score (nSPS) is 23.0. The molecular weight excluding hydrogens is 430 g/mol. The molecule has 0 radical (unpaired) electrons. The highest BCUT2D eigenvalue weighted by molar-refractivity contribution is 6.40. The van der Waals surface area contributed by atoms with Crippen molar-refractivity contribution in [2.45, 2.75) is 5.38 Å². The van der Waals surface area contributed by atoms with Gasteiger partial charge in [0.15, 0.2) is 0 Å². The second-order valence-corrected chi connectivity index (χ2v) is 8.04. The van der Waals surface area contributed by atoms with Crippen molar-refractivity contribution in [3.8, 4) is 0 Å². The molecule has 2 aliphatic rings. The van der Waals surface area contributed by atoms with Gasteiger partial charge in [0, 0.05) is 50.6 Å². The smallest absolute Gasteiger partial charge is 0.321 e. The average molecular weight is 450 g/mol. The minimum Gasteiger partial charge on any atom is -0.396 e. The van der Waals surface area contributed by atoms with Gasteiger partial charge in [0.1, 0.15) is 5.82 Å². The van der Waals surface area contributed by atoms with E-state index in [2.05, 4.69) is 10.3 Å². The van der Waals surface area contributed by atoms with Crippen LogP contribution in [0.3, 0.4) is 0 Å². The fraction of sp³-hybridized carbons (Fsp3) is 0.444. The van der Waals surface area contributed by atoms with Gasteiger partial charge in [0.05, 0.1) is 27.7 Å². The van der Waals surface area contributed by atoms with Crippen molar-refractivity contribution in [3.05, 3.63) is 39.8 Å². The van der Waals surface area contributed by atoms with Crippen LogP contribution in [0, 0.1) is 11.7 Å². The monoisotopic (exact) mass is 448 g/mol. The molecule has 0 spiro atoms. The lowest BCUT2D eigenvalue weighted by atomic mass is 10.1. The number of hydrogen-bond donors (Lipinski definition) is 2. The molecule has 6 nitrogen and oxygen atoms in total. The summed E-state index contributed by atoms with van der Waals surface area (Å²) >= 11 is 18.5. The number of benzene rings is 1. The fourth-order valence-electron chi connectivity index (χ4n) is 3.28. The molecule has 1 aromatic carbocycles. The molecule has 0 aliphatic carbocycles. The highest BCUT2D eigenvalue weighted by atomic mass is 35.5. The number of aliphatic imine (C=N–C) groups is 1. The number of halogens is 4. The summed E-state index contributed by atoms with van der Waals surface area (Å²) in [5.41, 5.74) is 1.16. The van der Waals surface area contributed by atoms with E-state index >= 15 is 0 Å². The van der Waals surface area contributed by atoms with Gasteiger partial charge in [0.2, 0.25) is 0 Å². The average Bonchev–Trinajstić information content (AvgIpc) is 2.87. The topological polar surface area (TPSA) is 68.2 Å². The number of anilines is 1. The Labute approximate surface area is 177 Å². The zero-order chi connectivity index (χ0) is 20.3. The van der Waals surface area contributed by atoms with Crippen LogP contribution in [0.25, 0.3) is 0 Å². The SMILES string of the molecule is O=C(Nc1ccc(F)c(Cl)c1)N1CCN(C2=C(Cl)C=NCC2Cl)CC(CO)C1. The first kappa shape index (κ1) is 21.2. The van der Waals surface area contributed by atoms with E-state index in [1.54, 1.807) is 11.1 Å². The molecule has 2 unspecified atom stereocenters. The van der Waals surface area contributed by atoms with E-state index in [9.17, 15) is 14.3 Å². The second kappa shape index (κ2) is 9.31. The van der Waals surface area contributed by atoms with Gasteiger partial charge in [-0.25, -0.2) is 9.18 Å². The van der Waals surface area contributed by atoms with Gasteiger partial charge in [0.25, 0.3) is 0 Å². The Hall–Kier alpha value is -1.54. The Morgan fingerprint density at radius 1 is 1.32 bits per heavy atom. The molecule has 2 amide bonds. The number of nitrogens with one attached hydrogen (secondary N) is 1. The minimum absolute atomic E-state index is 0.0678. The number of carbonyl (C=O) groups is 1. The zero-order valence-corrected chi connectivity index (χ0v) is 17.2. The molecule has 2 aliphatic heterocycles. The molecule has 10 heteroatoms. The summed E-state index contributed by atoms with van der Waals surface area (Å²) < 4.78 is 13.3. The number of aliphatic hydroxyl groups excluding tert-OH is 1. The van der Waals surface area contributed by atoms with E-state index < -0.39 is 5.82 Å². The maximum atomic E-state index is 13.3. The largest absolute Gasteiger partial charge is 0.396 e. The van der Waals surface area contributed by atoms with E-state index in [1.807, 2.05) is 4.90 Å². The van der Waals surface area contributed by atoms with Crippen molar-refractivity contribution < 1.29 is 14.3 Å². The van der Waals surface area contributed by atoms with Gasteiger partial charge < -0.3 is 20.2 Å². The fourth-order valence-corrected chi connectivity index (χ4v) is 4.17. The van der Waals surface area contributed by atoms with Crippen molar-refractivity contribution >= 4 is 52.7 Å². The van der Waals surface area contributed by atoms with Crippen LogP contribution in [0.4, 0.5) is 14.9 Å². The lowest BCUT2D eigenvalue weighted by Gasteiger charge is -2.31.